The van der Waals surface area contributed by atoms with Crippen molar-refractivity contribution in [1.82, 2.24) is 0 Å². The first kappa shape index (κ1) is 12.8. The summed E-state index contributed by atoms with van der Waals surface area (Å²) in [5, 5.41) is 0. The van der Waals surface area contributed by atoms with Crippen LogP contribution in [-0.4, -0.2) is 18.9 Å². The molecule has 0 saturated carbocycles. The molecule has 1 unspecified atom stereocenters. The third-order valence-electron chi connectivity index (χ3n) is 2.76. The summed E-state index contributed by atoms with van der Waals surface area (Å²) in [6, 6.07) is 4.00. The summed E-state index contributed by atoms with van der Waals surface area (Å²) in [5.74, 6) is 1.81. The predicted molar refractivity (Wildman–Crippen MR) is 66.0 cm³/mol. The molecule has 90 valence electrons. The van der Waals surface area contributed by atoms with E-state index in [4.69, 9.17) is 4.42 Å². The third-order valence-corrected chi connectivity index (χ3v) is 2.76. The fourth-order valence-electron chi connectivity index (χ4n) is 1.76. The van der Waals surface area contributed by atoms with Gasteiger partial charge in [-0.15, -0.1) is 0 Å². The van der Waals surface area contributed by atoms with Gasteiger partial charge < -0.3 is 9.32 Å². The standard InChI is InChI=1S/C13H21NO2/c1-9(2)8-10(3)14(5)13-7-6-12(16-13)11(4)15/h6-7,9-10H,8H2,1-5H3. The highest BCUT2D eigenvalue weighted by atomic mass is 16.4. The number of furan rings is 1. The van der Waals surface area contributed by atoms with Crippen molar-refractivity contribution in [3.05, 3.63) is 17.9 Å². The molecule has 0 saturated heterocycles. The van der Waals surface area contributed by atoms with E-state index in [1.165, 1.54) is 6.92 Å². The molecule has 3 heteroatoms. The first-order valence-corrected chi connectivity index (χ1v) is 5.75. The molecule has 0 fully saturated rings. The number of ketones is 1. The van der Waals surface area contributed by atoms with Gasteiger partial charge in [-0.1, -0.05) is 13.8 Å². The maximum atomic E-state index is 11.1. The van der Waals surface area contributed by atoms with Gasteiger partial charge in [0.15, 0.2) is 17.4 Å². The van der Waals surface area contributed by atoms with E-state index in [0.717, 1.165) is 12.3 Å². The molecular weight excluding hydrogens is 202 g/mol. The SMILES string of the molecule is CC(=O)c1ccc(N(C)C(C)CC(C)C)o1. The van der Waals surface area contributed by atoms with Gasteiger partial charge in [-0.2, -0.15) is 0 Å². The van der Waals surface area contributed by atoms with Crippen LogP contribution in [0.3, 0.4) is 0 Å². The average molecular weight is 223 g/mol. The molecule has 0 radical (unpaired) electrons. The fourth-order valence-corrected chi connectivity index (χ4v) is 1.76. The molecule has 1 aromatic heterocycles. The Morgan fingerprint density at radius 1 is 1.38 bits per heavy atom. The van der Waals surface area contributed by atoms with E-state index in [1.54, 1.807) is 6.07 Å². The predicted octanol–water partition coefficient (Wildman–Crippen LogP) is 3.35. The molecule has 1 atom stereocenters. The Morgan fingerprint density at radius 3 is 2.44 bits per heavy atom. The van der Waals surface area contributed by atoms with Gasteiger partial charge in [0, 0.05) is 26.1 Å². The molecule has 16 heavy (non-hydrogen) atoms. The number of rotatable bonds is 5. The van der Waals surface area contributed by atoms with Crippen LogP contribution in [0, 0.1) is 5.92 Å². The lowest BCUT2D eigenvalue weighted by Gasteiger charge is -2.25. The summed E-state index contributed by atoms with van der Waals surface area (Å²) < 4.78 is 5.49. The van der Waals surface area contributed by atoms with E-state index in [1.807, 2.05) is 13.1 Å². The highest BCUT2D eigenvalue weighted by Gasteiger charge is 2.15. The average Bonchev–Trinajstić information content (AvgIpc) is 2.64. The Morgan fingerprint density at radius 2 is 2.00 bits per heavy atom. The molecule has 0 bridgehead atoms. The molecule has 0 aliphatic rings. The summed E-state index contributed by atoms with van der Waals surface area (Å²) >= 11 is 0. The number of nitrogens with zero attached hydrogens (tertiary/aromatic N) is 1. The van der Waals surface area contributed by atoms with Gasteiger partial charge in [-0.05, 0) is 25.3 Å². The van der Waals surface area contributed by atoms with Crippen LogP contribution in [0.2, 0.25) is 0 Å². The van der Waals surface area contributed by atoms with Crippen molar-refractivity contribution >= 4 is 11.7 Å². The van der Waals surface area contributed by atoms with Crippen LogP contribution in [0.5, 0.6) is 0 Å². The van der Waals surface area contributed by atoms with Crippen LogP contribution in [-0.2, 0) is 0 Å². The summed E-state index contributed by atoms with van der Waals surface area (Å²) in [4.78, 5) is 13.2. The molecule has 0 spiro atoms. The smallest absolute Gasteiger partial charge is 0.196 e. The largest absolute Gasteiger partial charge is 0.437 e. The third kappa shape index (κ3) is 3.12. The Kier molecular flexibility index (Phi) is 4.16. The first-order chi connectivity index (χ1) is 7.41. The normalized spacial score (nSPS) is 12.9. The van der Waals surface area contributed by atoms with Crippen LogP contribution < -0.4 is 4.90 Å². The second-order valence-corrected chi connectivity index (χ2v) is 4.78. The Labute approximate surface area is 97.4 Å². The van der Waals surface area contributed by atoms with E-state index >= 15 is 0 Å². The zero-order valence-electron chi connectivity index (χ0n) is 10.8. The van der Waals surface area contributed by atoms with Gasteiger partial charge >= 0.3 is 0 Å². The minimum atomic E-state index is -0.0313. The molecule has 0 amide bonds. The van der Waals surface area contributed by atoms with Gasteiger partial charge in [0.25, 0.3) is 0 Å². The van der Waals surface area contributed by atoms with E-state index in [2.05, 4.69) is 25.7 Å². The van der Waals surface area contributed by atoms with Gasteiger partial charge in [0.2, 0.25) is 0 Å². The molecule has 0 aromatic carbocycles. The summed E-state index contributed by atoms with van der Waals surface area (Å²) in [7, 11) is 2.00. The maximum absolute atomic E-state index is 11.1. The van der Waals surface area contributed by atoms with Gasteiger partial charge in [0.05, 0.1) is 0 Å². The number of Topliss-reactive ketones (excluding diaryl/α,β-unsaturated/α-hetero) is 1. The highest BCUT2D eigenvalue weighted by Crippen LogP contribution is 2.22. The van der Waals surface area contributed by atoms with Crippen molar-refractivity contribution < 1.29 is 9.21 Å². The number of hydrogen-bond acceptors (Lipinski definition) is 3. The number of hydrogen-bond donors (Lipinski definition) is 0. The van der Waals surface area contributed by atoms with Crippen LogP contribution in [0.25, 0.3) is 0 Å². The summed E-state index contributed by atoms with van der Waals surface area (Å²) in [5.41, 5.74) is 0. The lowest BCUT2D eigenvalue weighted by atomic mass is 10.0. The van der Waals surface area contributed by atoms with E-state index in [-0.39, 0.29) is 5.78 Å². The maximum Gasteiger partial charge on any atom is 0.196 e. The lowest BCUT2D eigenvalue weighted by molar-refractivity contribution is 0.0987. The van der Waals surface area contributed by atoms with Gasteiger partial charge in [-0.3, -0.25) is 4.79 Å². The highest BCUT2D eigenvalue weighted by molar-refractivity contribution is 5.91. The van der Waals surface area contributed by atoms with Gasteiger partial charge in [-0.25, -0.2) is 0 Å². The Hall–Kier alpha value is -1.25. The lowest BCUT2D eigenvalue weighted by Crippen LogP contribution is -2.29. The van der Waals surface area contributed by atoms with Crippen molar-refractivity contribution in [3.8, 4) is 0 Å². The number of carbonyl (C=O) groups is 1. The van der Waals surface area contributed by atoms with Crippen molar-refractivity contribution in [3.63, 3.8) is 0 Å². The second-order valence-electron chi connectivity index (χ2n) is 4.78. The van der Waals surface area contributed by atoms with Crippen LogP contribution in [0.4, 0.5) is 5.88 Å². The molecule has 0 N–H and O–H groups in total. The van der Waals surface area contributed by atoms with Crippen LogP contribution >= 0.6 is 0 Å². The quantitative estimate of drug-likeness (QED) is 0.718. The Bertz CT molecular complexity index is 355. The van der Waals surface area contributed by atoms with Crippen molar-refractivity contribution in [2.75, 3.05) is 11.9 Å². The Balaban J connectivity index is 2.71. The molecular formula is C13H21NO2. The molecule has 1 heterocycles. The van der Waals surface area contributed by atoms with E-state index in [9.17, 15) is 4.79 Å². The second kappa shape index (κ2) is 5.19. The van der Waals surface area contributed by atoms with Crippen LogP contribution in [0.1, 0.15) is 44.7 Å². The topological polar surface area (TPSA) is 33.5 Å². The molecule has 1 aromatic rings. The van der Waals surface area contributed by atoms with E-state index < -0.39 is 0 Å². The molecule has 0 aliphatic carbocycles. The van der Waals surface area contributed by atoms with Crippen molar-refractivity contribution in [2.24, 2.45) is 5.92 Å². The fraction of sp³-hybridized carbons (Fsp3) is 0.615. The first-order valence-electron chi connectivity index (χ1n) is 5.75. The summed E-state index contributed by atoms with van der Waals surface area (Å²) in [6.45, 7) is 8.08. The van der Waals surface area contributed by atoms with Crippen molar-refractivity contribution in [1.29, 1.82) is 0 Å². The van der Waals surface area contributed by atoms with Crippen molar-refractivity contribution in [2.45, 2.75) is 40.2 Å². The molecule has 1 rings (SSSR count). The summed E-state index contributed by atoms with van der Waals surface area (Å²) in [6.07, 6.45) is 1.10. The van der Waals surface area contributed by atoms with E-state index in [0.29, 0.717) is 17.7 Å². The number of carbonyl (C=O) groups excluding carboxylic acids is 1. The monoisotopic (exact) mass is 223 g/mol. The van der Waals surface area contributed by atoms with Gasteiger partial charge in [0.1, 0.15) is 0 Å². The molecule has 0 aliphatic heterocycles. The molecule has 3 nitrogen and oxygen atoms in total. The minimum Gasteiger partial charge on any atom is -0.437 e. The zero-order chi connectivity index (χ0) is 12.3. The van der Waals surface area contributed by atoms with Crippen LogP contribution in [0.15, 0.2) is 16.5 Å². The number of anilines is 1. The zero-order valence-corrected chi connectivity index (χ0v) is 10.8. The minimum absolute atomic E-state index is 0.0313.